The Hall–Kier alpha value is -0.570. The van der Waals surface area contributed by atoms with Crippen molar-refractivity contribution >= 4 is 21.6 Å². The first-order chi connectivity index (χ1) is 8.18. The van der Waals surface area contributed by atoms with Crippen molar-refractivity contribution < 1.29 is 0 Å². The van der Waals surface area contributed by atoms with Crippen LogP contribution in [0.2, 0.25) is 0 Å². The number of aromatic nitrogens is 1. The number of hydrogen-bond donors (Lipinski definition) is 0. The molecule has 0 amide bonds. The Morgan fingerprint density at radius 1 is 1.41 bits per heavy atom. The summed E-state index contributed by atoms with van der Waals surface area (Å²) >= 11 is 3.63. The highest BCUT2D eigenvalue weighted by Gasteiger charge is 2.24. The van der Waals surface area contributed by atoms with E-state index in [1.54, 1.807) is 0 Å². The Bertz CT molecular complexity index is 359. The van der Waals surface area contributed by atoms with Crippen molar-refractivity contribution in [2.24, 2.45) is 5.92 Å². The lowest BCUT2D eigenvalue weighted by molar-refractivity contribution is 0.535. The molecular weight excluding hydrogens is 276 g/mol. The van der Waals surface area contributed by atoms with Crippen LogP contribution in [0, 0.1) is 5.92 Å². The molecule has 2 rings (SSSR count). The van der Waals surface area contributed by atoms with Gasteiger partial charge in [-0.15, -0.1) is 0 Å². The van der Waals surface area contributed by atoms with E-state index in [4.69, 9.17) is 0 Å². The zero-order valence-corrected chi connectivity index (χ0v) is 12.3. The molecule has 1 aliphatic carbocycles. The molecule has 0 radical (unpaired) electrons. The molecule has 1 heterocycles. The van der Waals surface area contributed by atoms with Crippen molar-refractivity contribution in [2.75, 3.05) is 11.4 Å². The molecule has 1 aromatic rings. The molecule has 0 N–H and O–H groups in total. The lowest BCUT2D eigenvalue weighted by Gasteiger charge is -2.33. The zero-order chi connectivity index (χ0) is 12.3. The highest BCUT2D eigenvalue weighted by Crippen LogP contribution is 2.32. The van der Waals surface area contributed by atoms with Gasteiger partial charge >= 0.3 is 0 Å². The number of halogens is 1. The normalized spacial score (nSPS) is 16.7. The van der Waals surface area contributed by atoms with Crippen molar-refractivity contribution in [2.45, 2.75) is 45.6 Å². The second-order valence-corrected chi connectivity index (χ2v) is 6.17. The quantitative estimate of drug-likeness (QED) is 0.826. The molecule has 1 saturated carbocycles. The molecule has 0 saturated heterocycles. The monoisotopic (exact) mass is 296 g/mol. The Balaban J connectivity index is 2.22. The van der Waals surface area contributed by atoms with Gasteiger partial charge in [0, 0.05) is 25.0 Å². The van der Waals surface area contributed by atoms with Crippen LogP contribution in [0.4, 0.5) is 5.69 Å². The van der Waals surface area contributed by atoms with Crippen LogP contribution in [-0.2, 0) is 0 Å². The second kappa shape index (κ2) is 5.85. The SMILES string of the molecule is CC(C)CN(c1ccncc1Br)C1CCCC1. The van der Waals surface area contributed by atoms with Crippen LogP contribution in [0.1, 0.15) is 39.5 Å². The number of anilines is 1. The van der Waals surface area contributed by atoms with Gasteiger partial charge in [0.1, 0.15) is 0 Å². The average Bonchev–Trinajstić information content (AvgIpc) is 2.80. The summed E-state index contributed by atoms with van der Waals surface area (Å²) in [4.78, 5) is 6.73. The van der Waals surface area contributed by atoms with E-state index in [0.29, 0.717) is 5.92 Å². The fourth-order valence-electron chi connectivity index (χ4n) is 2.65. The third-order valence-electron chi connectivity index (χ3n) is 3.39. The highest BCUT2D eigenvalue weighted by atomic mass is 79.9. The number of rotatable bonds is 4. The number of hydrogen-bond acceptors (Lipinski definition) is 2. The van der Waals surface area contributed by atoms with Gasteiger partial charge in [0.2, 0.25) is 0 Å². The summed E-state index contributed by atoms with van der Waals surface area (Å²) in [5.74, 6) is 0.690. The maximum absolute atomic E-state index is 4.16. The van der Waals surface area contributed by atoms with Gasteiger partial charge in [0.05, 0.1) is 10.2 Å². The summed E-state index contributed by atoms with van der Waals surface area (Å²) in [6, 6.07) is 2.85. The lowest BCUT2D eigenvalue weighted by atomic mass is 10.1. The lowest BCUT2D eigenvalue weighted by Crippen LogP contribution is -2.36. The molecule has 0 unspecified atom stereocenters. The maximum Gasteiger partial charge on any atom is 0.0592 e. The van der Waals surface area contributed by atoms with Gasteiger partial charge in [-0.05, 0) is 40.8 Å². The van der Waals surface area contributed by atoms with Gasteiger partial charge in [-0.1, -0.05) is 26.7 Å². The van der Waals surface area contributed by atoms with Gasteiger partial charge in [-0.2, -0.15) is 0 Å². The Labute approximate surface area is 113 Å². The van der Waals surface area contributed by atoms with Crippen LogP contribution in [0.25, 0.3) is 0 Å². The summed E-state index contributed by atoms with van der Waals surface area (Å²) < 4.78 is 1.12. The van der Waals surface area contributed by atoms with Crippen molar-refractivity contribution in [3.05, 3.63) is 22.9 Å². The van der Waals surface area contributed by atoms with Crippen molar-refractivity contribution in [3.8, 4) is 0 Å². The summed E-state index contributed by atoms with van der Waals surface area (Å²) in [5, 5.41) is 0. The highest BCUT2D eigenvalue weighted by molar-refractivity contribution is 9.10. The molecular formula is C14H21BrN2. The van der Waals surface area contributed by atoms with E-state index in [0.717, 1.165) is 17.1 Å². The zero-order valence-electron chi connectivity index (χ0n) is 10.7. The molecule has 94 valence electrons. The molecule has 1 aromatic heterocycles. The van der Waals surface area contributed by atoms with Crippen molar-refractivity contribution in [1.82, 2.24) is 4.98 Å². The van der Waals surface area contributed by atoms with Gasteiger partial charge in [0.25, 0.3) is 0 Å². The van der Waals surface area contributed by atoms with Gasteiger partial charge < -0.3 is 4.90 Å². The van der Waals surface area contributed by atoms with E-state index >= 15 is 0 Å². The summed E-state index contributed by atoms with van der Waals surface area (Å²) in [6.07, 6.45) is 9.22. The van der Waals surface area contributed by atoms with E-state index < -0.39 is 0 Å². The van der Waals surface area contributed by atoms with Crippen LogP contribution >= 0.6 is 15.9 Å². The minimum atomic E-state index is 0.690. The molecule has 2 nitrogen and oxygen atoms in total. The molecule has 0 aromatic carbocycles. The number of pyridine rings is 1. The third-order valence-corrected chi connectivity index (χ3v) is 4.00. The van der Waals surface area contributed by atoms with Gasteiger partial charge in [0.15, 0.2) is 0 Å². The average molecular weight is 297 g/mol. The Kier molecular flexibility index (Phi) is 4.43. The van der Waals surface area contributed by atoms with Crippen LogP contribution in [0.5, 0.6) is 0 Å². The second-order valence-electron chi connectivity index (χ2n) is 5.31. The molecule has 0 bridgehead atoms. The first-order valence-corrected chi connectivity index (χ1v) is 7.34. The van der Waals surface area contributed by atoms with Gasteiger partial charge in [-0.25, -0.2) is 0 Å². The van der Waals surface area contributed by atoms with E-state index in [-0.39, 0.29) is 0 Å². The smallest absolute Gasteiger partial charge is 0.0592 e. The predicted octanol–water partition coefficient (Wildman–Crippen LogP) is 4.25. The van der Waals surface area contributed by atoms with Crippen LogP contribution in [-0.4, -0.2) is 17.6 Å². The largest absolute Gasteiger partial charge is 0.367 e. The van der Waals surface area contributed by atoms with E-state index in [1.807, 2.05) is 12.4 Å². The summed E-state index contributed by atoms with van der Waals surface area (Å²) in [6.45, 7) is 5.71. The van der Waals surface area contributed by atoms with E-state index in [1.165, 1.54) is 31.4 Å². The number of nitrogens with zero attached hydrogens (tertiary/aromatic N) is 2. The standard InChI is InChI=1S/C14H21BrN2/c1-11(2)10-17(12-5-3-4-6-12)14-7-8-16-9-13(14)15/h7-9,11-12H,3-6,10H2,1-2H3. The first-order valence-electron chi connectivity index (χ1n) is 6.54. The van der Waals surface area contributed by atoms with Crippen molar-refractivity contribution in [3.63, 3.8) is 0 Å². The van der Waals surface area contributed by atoms with Crippen molar-refractivity contribution in [1.29, 1.82) is 0 Å². The minimum absolute atomic E-state index is 0.690. The summed E-state index contributed by atoms with van der Waals surface area (Å²) in [7, 11) is 0. The van der Waals surface area contributed by atoms with Gasteiger partial charge in [-0.3, -0.25) is 4.98 Å². The fourth-order valence-corrected chi connectivity index (χ4v) is 3.13. The maximum atomic E-state index is 4.16. The third kappa shape index (κ3) is 3.21. The Morgan fingerprint density at radius 2 is 2.12 bits per heavy atom. The Morgan fingerprint density at radius 3 is 2.71 bits per heavy atom. The molecule has 17 heavy (non-hydrogen) atoms. The molecule has 0 atom stereocenters. The van der Waals surface area contributed by atoms with Crippen LogP contribution in [0.15, 0.2) is 22.9 Å². The first kappa shape index (κ1) is 12.9. The molecule has 1 aliphatic rings. The molecule has 0 spiro atoms. The molecule has 3 heteroatoms. The predicted molar refractivity (Wildman–Crippen MR) is 76.4 cm³/mol. The fraction of sp³-hybridized carbons (Fsp3) is 0.643. The molecule has 0 aliphatic heterocycles. The minimum Gasteiger partial charge on any atom is -0.367 e. The summed E-state index contributed by atoms with van der Waals surface area (Å²) in [5.41, 5.74) is 1.31. The van der Waals surface area contributed by atoms with E-state index in [9.17, 15) is 0 Å². The van der Waals surface area contributed by atoms with Crippen LogP contribution < -0.4 is 4.90 Å². The topological polar surface area (TPSA) is 16.1 Å². The molecule has 1 fully saturated rings. The van der Waals surface area contributed by atoms with Crippen LogP contribution in [0.3, 0.4) is 0 Å². The van der Waals surface area contributed by atoms with E-state index in [2.05, 4.69) is 45.7 Å².